The third kappa shape index (κ3) is 3.98. The van der Waals surface area contributed by atoms with Crippen LogP contribution < -0.4 is 14.7 Å². The molecule has 176 valence electrons. The Hall–Kier alpha value is -2.97. The van der Waals surface area contributed by atoms with E-state index in [4.69, 9.17) is 0 Å². The number of anilines is 3. The van der Waals surface area contributed by atoms with Crippen molar-refractivity contribution in [1.82, 2.24) is 9.97 Å². The third-order valence-corrected chi connectivity index (χ3v) is 7.43. The SMILES string of the molecule is CC1(C)CC2CC(C)(CN2c2ncnc(N3CCN(c4ccccc4F)CC3)c2[N+](=O)[O-])C1. The van der Waals surface area contributed by atoms with Crippen LogP contribution >= 0.6 is 0 Å². The summed E-state index contributed by atoms with van der Waals surface area (Å²) in [7, 11) is 0. The minimum Gasteiger partial charge on any atom is -0.366 e. The number of aromatic nitrogens is 2. The number of benzene rings is 1. The van der Waals surface area contributed by atoms with Gasteiger partial charge in [-0.1, -0.05) is 32.9 Å². The highest BCUT2D eigenvalue weighted by molar-refractivity contribution is 5.72. The molecule has 0 amide bonds. The summed E-state index contributed by atoms with van der Waals surface area (Å²) in [5, 5.41) is 12.3. The van der Waals surface area contributed by atoms with E-state index < -0.39 is 0 Å². The second-order valence-corrected chi connectivity index (χ2v) is 10.9. The highest BCUT2D eigenvalue weighted by atomic mass is 19.1. The van der Waals surface area contributed by atoms with Crippen LogP contribution in [0.1, 0.15) is 40.0 Å². The van der Waals surface area contributed by atoms with Crippen LogP contribution in [0.3, 0.4) is 0 Å². The number of halogens is 1. The fourth-order valence-electron chi connectivity index (χ4n) is 6.54. The maximum absolute atomic E-state index is 14.2. The number of fused-ring (bicyclic) bond motifs is 2. The normalized spacial score (nSPS) is 26.5. The summed E-state index contributed by atoms with van der Waals surface area (Å²) in [6, 6.07) is 6.97. The Bertz CT molecular complexity index is 1070. The van der Waals surface area contributed by atoms with Crippen molar-refractivity contribution in [2.45, 2.75) is 46.1 Å². The summed E-state index contributed by atoms with van der Waals surface area (Å²) in [4.78, 5) is 26.8. The quantitative estimate of drug-likeness (QED) is 0.505. The molecule has 2 unspecified atom stereocenters. The van der Waals surface area contributed by atoms with Crippen molar-refractivity contribution in [3.63, 3.8) is 0 Å². The van der Waals surface area contributed by atoms with E-state index in [0.29, 0.717) is 43.5 Å². The first-order chi connectivity index (χ1) is 15.7. The summed E-state index contributed by atoms with van der Waals surface area (Å²) in [6.45, 7) is 9.83. The van der Waals surface area contributed by atoms with E-state index in [1.165, 1.54) is 12.4 Å². The van der Waals surface area contributed by atoms with E-state index in [0.717, 1.165) is 25.8 Å². The smallest absolute Gasteiger partial charge is 0.353 e. The Morgan fingerprint density at radius 2 is 1.70 bits per heavy atom. The zero-order valence-electron chi connectivity index (χ0n) is 19.5. The van der Waals surface area contributed by atoms with Gasteiger partial charge in [-0.2, -0.15) is 0 Å². The number of hydrogen-bond donors (Lipinski definition) is 0. The maximum Gasteiger partial charge on any atom is 0.353 e. The van der Waals surface area contributed by atoms with Crippen molar-refractivity contribution in [3.8, 4) is 0 Å². The predicted molar refractivity (Wildman–Crippen MR) is 126 cm³/mol. The third-order valence-electron chi connectivity index (χ3n) is 7.43. The molecular formula is C24H31FN6O2. The molecule has 33 heavy (non-hydrogen) atoms. The van der Waals surface area contributed by atoms with Crippen molar-refractivity contribution in [3.05, 3.63) is 46.5 Å². The molecule has 3 aliphatic rings. The molecule has 2 aromatic rings. The van der Waals surface area contributed by atoms with Gasteiger partial charge >= 0.3 is 5.69 Å². The molecule has 1 aromatic carbocycles. The Balaban J connectivity index is 1.42. The molecule has 0 spiro atoms. The Morgan fingerprint density at radius 3 is 2.39 bits per heavy atom. The van der Waals surface area contributed by atoms with Gasteiger partial charge < -0.3 is 14.7 Å². The van der Waals surface area contributed by atoms with E-state index in [2.05, 4.69) is 35.6 Å². The molecule has 8 nitrogen and oxygen atoms in total. The first-order valence-electron chi connectivity index (χ1n) is 11.7. The number of piperazine rings is 1. The lowest BCUT2D eigenvalue weighted by Crippen LogP contribution is -2.47. The van der Waals surface area contributed by atoms with Gasteiger partial charge in [-0.15, -0.1) is 0 Å². The molecule has 2 atom stereocenters. The molecule has 1 aromatic heterocycles. The highest BCUT2D eigenvalue weighted by Gasteiger charge is 2.51. The first-order valence-corrected chi connectivity index (χ1v) is 11.7. The molecule has 3 heterocycles. The number of nitro groups is 1. The van der Waals surface area contributed by atoms with Crippen molar-refractivity contribution in [2.75, 3.05) is 47.4 Å². The van der Waals surface area contributed by atoms with E-state index in [1.807, 2.05) is 15.9 Å². The zero-order valence-corrected chi connectivity index (χ0v) is 19.5. The van der Waals surface area contributed by atoms with Crippen LogP contribution in [0.25, 0.3) is 0 Å². The average molecular weight is 455 g/mol. The van der Waals surface area contributed by atoms with Gasteiger partial charge in [-0.05, 0) is 42.2 Å². The second-order valence-electron chi connectivity index (χ2n) is 10.9. The molecule has 1 saturated carbocycles. The van der Waals surface area contributed by atoms with E-state index in [1.54, 1.807) is 12.1 Å². The number of nitrogens with zero attached hydrogens (tertiary/aromatic N) is 6. The van der Waals surface area contributed by atoms with Crippen LogP contribution in [0, 0.1) is 26.8 Å². The molecule has 9 heteroatoms. The summed E-state index contributed by atoms with van der Waals surface area (Å²) < 4.78 is 14.2. The second kappa shape index (κ2) is 7.81. The molecule has 0 N–H and O–H groups in total. The lowest BCUT2D eigenvalue weighted by atomic mass is 9.65. The molecule has 5 rings (SSSR count). The molecule has 2 bridgehead atoms. The van der Waals surface area contributed by atoms with Gasteiger partial charge in [0.15, 0.2) is 0 Å². The largest absolute Gasteiger partial charge is 0.366 e. The monoisotopic (exact) mass is 454 g/mol. The number of rotatable bonds is 4. The summed E-state index contributed by atoms with van der Waals surface area (Å²) in [6.07, 6.45) is 4.60. The zero-order chi connectivity index (χ0) is 23.4. The fraction of sp³-hybridized carbons (Fsp3) is 0.583. The van der Waals surface area contributed by atoms with Crippen molar-refractivity contribution < 1.29 is 9.31 Å². The van der Waals surface area contributed by atoms with Gasteiger partial charge in [-0.25, -0.2) is 14.4 Å². The summed E-state index contributed by atoms with van der Waals surface area (Å²) in [5.41, 5.74) is 0.901. The molecule has 2 aliphatic heterocycles. The topological polar surface area (TPSA) is 78.6 Å². The van der Waals surface area contributed by atoms with E-state index >= 15 is 0 Å². The van der Waals surface area contributed by atoms with Crippen molar-refractivity contribution >= 4 is 23.0 Å². The minimum absolute atomic E-state index is 0.00852. The number of hydrogen-bond acceptors (Lipinski definition) is 7. The predicted octanol–water partition coefficient (Wildman–Crippen LogP) is 4.26. The van der Waals surface area contributed by atoms with Crippen LogP contribution in [0.5, 0.6) is 0 Å². The fourth-order valence-corrected chi connectivity index (χ4v) is 6.54. The summed E-state index contributed by atoms with van der Waals surface area (Å²) in [5.74, 6) is 0.551. The highest BCUT2D eigenvalue weighted by Crippen LogP contribution is 2.54. The first kappa shape index (κ1) is 21.9. The maximum atomic E-state index is 14.2. The Kier molecular flexibility index (Phi) is 5.17. The molecule has 3 fully saturated rings. The van der Waals surface area contributed by atoms with Gasteiger partial charge in [0, 0.05) is 38.8 Å². The Morgan fingerprint density at radius 1 is 1.03 bits per heavy atom. The van der Waals surface area contributed by atoms with Crippen molar-refractivity contribution in [1.29, 1.82) is 0 Å². The van der Waals surface area contributed by atoms with Gasteiger partial charge in [-0.3, -0.25) is 10.1 Å². The van der Waals surface area contributed by atoms with Gasteiger partial charge in [0.1, 0.15) is 12.1 Å². The lowest BCUT2D eigenvalue weighted by Gasteiger charge is -2.39. The lowest BCUT2D eigenvalue weighted by molar-refractivity contribution is -0.383. The van der Waals surface area contributed by atoms with E-state index in [9.17, 15) is 14.5 Å². The molecular weight excluding hydrogens is 423 g/mol. The summed E-state index contributed by atoms with van der Waals surface area (Å²) >= 11 is 0. The minimum atomic E-state index is -0.330. The van der Waals surface area contributed by atoms with Gasteiger partial charge in [0.05, 0.1) is 10.6 Å². The van der Waals surface area contributed by atoms with Crippen LogP contribution in [0.2, 0.25) is 0 Å². The number of para-hydroxylation sites is 1. The van der Waals surface area contributed by atoms with Crippen LogP contribution in [0.15, 0.2) is 30.6 Å². The Labute approximate surface area is 193 Å². The molecule has 0 radical (unpaired) electrons. The van der Waals surface area contributed by atoms with Gasteiger partial charge in [0.2, 0.25) is 11.6 Å². The van der Waals surface area contributed by atoms with Gasteiger partial charge in [0.25, 0.3) is 0 Å². The van der Waals surface area contributed by atoms with Crippen LogP contribution in [-0.2, 0) is 0 Å². The standard InChI is InChI=1S/C24H31FN6O2/c1-23(2)12-17-13-24(3,14-23)15-30(17)22-20(31(32)33)21(26-16-27-22)29-10-8-28(9-11-29)19-7-5-4-6-18(19)25/h4-7,16-17H,8-15H2,1-3H3. The molecule has 1 aliphatic carbocycles. The molecule has 2 saturated heterocycles. The van der Waals surface area contributed by atoms with Crippen molar-refractivity contribution in [2.24, 2.45) is 10.8 Å². The van der Waals surface area contributed by atoms with E-state index in [-0.39, 0.29) is 33.3 Å². The van der Waals surface area contributed by atoms with Crippen LogP contribution in [-0.4, -0.2) is 53.7 Å². The van der Waals surface area contributed by atoms with Crippen LogP contribution in [0.4, 0.5) is 27.4 Å². The average Bonchev–Trinajstić information content (AvgIpc) is 3.02.